The molecule has 1 rings (SSSR count). The Morgan fingerprint density at radius 3 is 2.28 bits per heavy atom. The van der Waals surface area contributed by atoms with Crippen LogP contribution in [-0.2, 0) is 6.18 Å². The summed E-state index contributed by atoms with van der Waals surface area (Å²) >= 11 is 0.692. The molecule has 0 aromatic carbocycles. The molecule has 0 aliphatic carbocycles. The van der Waals surface area contributed by atoms with Crippen LogP contribution in [0.1, 0.15) is 5.56 Å². The summed E-state index contributed by atoms with van der Waals surface area (Å²) in [6.07, 6.45) is -3.92. The molecule has 0 spiro atoms. The third kappa shape index (κ3) is 4.28. The molecular formula is C9H7BF6NS-. The summed E-state index contributed by atoms with van der Waals surface area (Å²) in [7, 11) is 0. The van der Waals surface area contributed by atoms with Crippen molar-refractivity contribution in [1.82, 2.24) is 4.98 Å². The first-order chi connectivity index (χ1) is 8.10. The van der Waals surface area contributed by atoms with Crippen LogP contribution in [0, 0.1) is 0 Å². The normalized spacial score (nSPS) is 12.6. The number of nitrogens with zero attached hydrogens (tertiary/aromatic N) is 1. The Balaban J connectivity index is 2.63. The van der Waals surface area contributed by atoms with Gasteiger partial charge in [-0.05, 0) is 17.9 Å². The number of halogens is 6. The van der Waals surface area contributed by atoms with Crippen molar-refractivity contribution in [2.45, 2.75) is 11.2 Å². The molecule has 1 aromatic rings. The number of hydrogen-bond acceptors (Lipinski definition) is 2. The van der Waals surface area contributed by atoms with E-state index in [1.165, 1.54) is 0 Å². The summed E-state index contributed by atoms with van der Waals surface area (Å²) in [6, 6.07) is 1.81. The van der Waals surface area contributed by atoms with E-state index in [0.717, 1.165) is 12.1 Å². The number of pyridine rings is 1. The van der Waals surface area contributed by atoms with Crippen molar-refractivity contribution in [2.24, 2.45) is 0 Å². The van der Waals surface area contributed by atoms with E-state index in [1.54, 1.807) is 0 Å². The zero-order valence-corrected chi connectivity index (χ0v) is 9.66. The van der Waals surface area contributed by atoms with Crippen molar-refractivity contribution >= 4 is 18.7 Å². The van der Waals surface area contributed by atoms with Crippen LogP contribution >= 0.6 is 11.8 Å². The molecule has 0 aliphatic rings. The predicted octanol–water partition coefficient (Wildman–Crippen LogP) is 4.14. The molecule has 0 bridgehead atoms. The average Bonchev–Trinajstić information content (AvgIpc) is 2.24. The van der Waals surface area contributed by atoms with Gasteiger partial charge in [0.2, 0.25) is 0 Å². The molecule has 0 saturated carbocycles. The SMILES string of the molecule is C=C(CSc1ccc(C(F)(F)F)cn1)[B-](F)(F)F. The summed E-state index contributed by atoms with van der Waals surface area (Å²) in [6.45, 7) is -2.25. The van der Waals surface area contributed by atoms with E-state index in [0.29, 0.717) is 18.0 Å². The largest absolute Gasteiger partial charge is 0.505 e. The fraction of sp³-hybridized carbons (Fsp3) is 0.222. The van der Waals surface area contributed by atoms with Gasteiger partial charge in [0.05, 0.1) is 10.6 Å². The van der Waals surface area contributed by atoms with Crippen molar-refractivity contribution in [1.29, 1.82) is 0 Å². The zero-order valence-electron chi connectivity index (χ0n) is 8.85. The first-order valence-corrected chi connectivity index (χ1v) is 5.63. The van der Waals surface area contributed by atoms with E-state index in [9.17, 15) is 26.1 Å². The third-order valence-corrected chi connectivity index (χ3v) is 2.98. The fourth-order valence-electron chi connectivity index (χ4n) is 0.894. The maximum absolute atomic E-state index is 12.2. The van der Waals surface area contributed by atoms with Gasteiger partial charge < -0.3 is 12.9 Å². The van der Waals surface area contributed by atoms with Gasteiger partial charge in [-0.2, -0.15) is 13.2 Å². The van der Waals surface area contributed by atoms with Gasteiger partial charge in [-0.3, -0.25) is 0 Å². The fourth-order valence-corrected chi connectivity index (χ4v) is 1.71. The second-order valence-electron chi connectivity index (χ2n) is 3.40. The van der Waals surface area contributed by atoms with Crippen LogP contribution < -0.4 is 0 Å². The molecule has 0 radical (unpaired) electrons. The van der Waals surface area contributed by atoms with Crippen LogP contribution in [-0.4, -0.2) is 17.7 Å². The molecule has 18 heavy (non-hydrogen) atoms. The highest BCUT2D eigenvalue weighted by atomic mass is 32.2. The van der Waals surface area contributed by atoms with Gasteiger partial charge in [-0.1, -0.05) is 0 Å². The lowest BCUT2D eigenvalue weighted by Crippen LogP contribution is -2.20. The Kier molecular flexibility index (Phi) is 4.36. The first-order valence-electron chi connectivity index (χ1n) is 4.64. The summed E-state index contributed by atoms with van der Waals surface area (Å²) in [5, 5.41) is 0.0872. The Morgan fingerprint density at radius 1 is 1.28 bits per heavy atom. The highest BCUT2D eigenvalue weighted by Gasteiger charge is 2.30. The monoisotopic (exact) mass is 286 g/mol. The molecule has 9 heteroatoms. The molecule has 1 nitrogen and oxygen atoms in total. The van der Waals surface area contributed by atoms with Crippen LogP contribution in [0.5, 0.6) is 0 Å². The highest BCUT2D eigenvalue weighted by Crippen LogP contribution is 2.30. The minimum atomic E-state index is -5.12. The minimum Gasteiger partial charge on any atom is -0.445 e. The maximum atomic E-state index is 12.2. The van der Waals surface area contributed by atoms with Crippen LogP contribution in [0.25, 0.3) is 0 Å². The van der Waals surface area contributed by atoms with Crippen LogP contribution in [0.2, 0.25) is 0 Å². The Hall–Kier alpha value is -1.12. The summed E-state index contributed by atoms with van der Waals surface area (Å²) in [5.74, 6) is -0.443. The van der Waals surface area contributed by atoms with E-state index in [-0.39, 0.29) is 5.03 Å². The van der Waals surface area contributed by atoms with E-state index in [1.807, 2.05) is 0 Å². The number of thioether (sulfide) groups is 1. The minimum absolute atomic E-state index is 0.0872. The van der Waals surface area contributed by atoms with E-state index in [4.69, 9.17) is 0 Å². The number of rotatable bonds is 4. The summed E-state index contributed by atoms with van der Waals surface area (Å²) in [5.41, 5.74) is -1.84. The first kappa shape index (κ1) is 14.9. The molecule has 0 aliphatic heterocycles. The molecule has 1 heterocycles. The smallest absolute Gasteiger partial charge is 0.445 e. The van der Waals surface area contributed by atoms with Gasteiger partial charge in [0.15, 0.2) is 0 Å². The van der Waals surface area contributed by atoms with Crippen molar-refractivity contribution < 1.29 is 26.1 Å². The third-order valence-electron chi connectivity index (χ3n) is 1.93. The van der Waals surface area contributed by atoms with E-state index >= 15 is 0 Å². The van der Waals surface area contributed by atoms with Gasteiger partial charge in [0, 0.05) is 6.20 Å². The Labute approximate surface area is 103 Å². The molecule has 0 unspecified atom stereocenters. The topological polar surface area (TPSA) is 12.9 Å². The van der Waals surface area contributed by atoms with Gasteiger partial charge >= 0.3 is 13.2 Å². The Bertz CT molecular complexity index is 424. The quantitative estimate of drug-likeness (QED) is 0.469. The van der Waals surface area contributed by atoms with E-state index in [2.05, 4.69) is 11.6 Å². The van der Waals surface area contributed by atoms with Gasteiger partial charge in [-0.25, -0.2) is 4.98 Å². The van der Waals surface area contributed by atoms with Crippen LogP contribution in [0.3, 0.4) is 0 Å². The van der Waals surface area contributed by atoms with Gasteiger partial charge in [0.1, 0.15) is 0 Å². The lowest BCUT2D eigenvalue weighted by Gasteiger charge is -2.16. The standard InChI is InChI=1S/C9H7BF6NS/c1-6(10(14,15)16)5-18-8-3-2-7(4-17-8)9(11,12)13/h2-4H,1,5H2/q-1. The van der Waals surface area contributed by atoms with Gasteiger partial charge in [0.25, 0.3) is 0 Å². The van der Waals surface area contributed by atoms with Crippen LogP contribution in [0.15, 0.2) is 35.4 Å². The molecule has 0 saturated heterocycles. The maximum Gasteiger partial charge on any atom is 0.505 e. The van der Waals surface area contributed by atoms with E-state index < -0.39 is 29.9 Å². The number of aromatic nitrogens is 1. The zero-order chi connectivity index (χ0) is 14.0. The molecular weight excluding hydrogens is 279 g/mol. The predicted molar refractivity (Wildman–Crippen MR) is 58.2 cm³/mol. The molecule has 1 aromatic heterocycles. The lowest BCUT2D eigenvalue weighted by molar-refractivity contribution is -0.137. The second kappa shape index (κ2) is 5.25. The molecule has 0 fully saturated rings. The number of hydrogen-bond donors (Lipinski definition) is 0. The molecule has 0 N–H and O–H groups in total. The average molecular weight is 286 g/mol. The van der Waals surface area contributed by atoms with Gasteiger partial charge in [-0.15, -0.1) is 23.8 Å². The highest BCUT2D eigenvalue weighted by molar-refractivity contribution is 7.99. The number of alkyl halides is 3. The summed E-state index contributed by atoms with van der Waals surface area (Å²) < 4.78 is 73.0. The molecule has 100 valence electrons. The Morgan fingerprint density at radius 2 is 1.89 bits per heavy atom. The lowest BCUT2D eigenvalue weighted by atomic mass is 9.82. The van der Waals surface area contributed by atoms with Crippen molar-refractivity contribution in [2.75, 3.05) is 5.75 Å². The molecule has 0 amide bonds. The van der Waals surface area contributed by atoms with Crippen molar-refractivity contribution in [3.8, 4) is 0 Å². The van der Waals surface area contributed by atoms with Crippen molar-refractivity contribution in [3.05, 3.63) is 35.9 Å². The van der Waals surface area contributed by atoms with Crippen LogP contribution in [0.4, 0.5) is 26.1 Å². The second-order valence-corrected chi connectivity index (χ2v) is 4.40. The van der Waals surface area contributed by atoms with Crippen molar-refractivity contribution in [3.63, 3.8) is 0 Å². The summed E-state index contributed by atoms with van der Waals surface area (Å²) in [4.78, 5) is 3.44. The molecule has 0 atom stereocenters.